The average molecular weight is 378 g/mol. The number of nitrogens with zero attached hydrogens (tertiary/aromatic N) is 2. The molecule has 0 fully saturated rings. The number of sulfonamides is 1. The number of para-hydroxylation sites is 1. The van der Waals surface area contributed by atoms with Gasteiger partial charge in [0.1, 0.15) is 6.54 Å². The fourth-order valence-electron chi connectivity index (χ4n) is 2.35. The number of anilines is 1. The van der Waals surface area contributed by atoms with E-state index in [0.29, 0.717) is 11.3 Å². The Hall–Kier alpha value is -2.94. The van der Waals surface area contributed by atoms with E-state index in [1.807, 2.05) is 0 Å². The second-order valence-corrected chi connectivity index (χ2v) is 7.22. The van der Waals surface area contributed by atoms with Gasteiger partial charge in [0.15, 0.2) is 0 Å². The van der Waals surface area contributed by atoms with Crippen molar-refractivity contribution >= 4 is 27.4 Å². The van der Waals surface area contributed by atoms with Crippen molar-refractivity contribution in [2.75, 3.05) is 17.5 Å². The van der Waals surface area contributed by atoms with E-state index < -0.39 is 27.5 Å². The van der Waals surface area contributed by atoms with Gasteiger partial charge >= 0.3 is 5.97 Å². The summed E-state index contributed by atoms with van der Waals surface area (Å²) in [6.07, 6.45) is 0. The molecule has 0 heterocycles. The topological polar surface area (TPSA) is 107 Å². The lowest BCUT2D eigenvalue weighted by Crippen LogP contribution is -2.37. The zero-order chi connectivity index (χ0) is 19.3. The second-order valence-electron chi connectivity index (χ2n) is 5.36. The number of hydrogen-bond donors (Lipinski definition) is 0. The number of non-ortho nitro benzene ring substituents is 1. The molecule has 26 heavy (non-hydrogen) atoms. The lowest BCUT2D eigenvalue weighted by atomic mass is 10.2. The Balaban J connectivity index is 2.56. The standard InChI is InChI=1S/C17H18N2O6S/c1-3-25-17(20)12-18(16-10-5-4-7-13(16)2)26(23,24)15-9-6-8-14(11-15)19(21)22/h4-11H,3,12H2,1-2H3. The molecule has 0 saturated heterocycles. The van der Waals surface area contributed by atoms with Gasteiger partial charge in [0, 0.05) is 12.1 Å². The van der Waals surface area contributed by atoms with E-state index in [1.54, 1.807) is 38.1 Å². The molecule has 9 heteroatoms. The number of esters is 1. The molecule has 0 saturated carbocycles. The highest BCUT2D eigenvalue weighted by atomic mass is 32.2. The smallest absolute Gasteiger partial charge is 0.326 e. The molecule has 0 radical (unpaired) electrons. The zero-order valence-electron chi connectivity index (χ0n) is 14.3. The third kappa shape index (κ3) is 4.17. The van der Waals surface area contributed by atoms with E-state index in [1.165, 1.54) is 18.2 Å². The first-order chi connectivity index (χ1) is 12.3. The second kappa shape index (κ2) is 7.96. The van der Waals surface area contributed by atoms with Crippen LogP contribution < -0.4 is 4.31 Å². The lowest BCUT2D eigenvalue weighted by molar-refractivity contribution is -0.385. The molecule has 0 N–H and O–H groups in total. The van der Waals surface area contributed by atoms with E-state index in [0.717, 1.165) is 10.4 Å². The molecular weight excluding hydrogens is 360 g/mol. The van der Waals surface area contributed by atoms with Crippen LogP contribution >= 0.6 is 0 Å². The summed E-state index contributed by atoms with van der Waals surface area (Å²) in [4.78, 5) is 22.0. The third-order valence-electron chi connectivity index (χ3n) is 3.58. The van der Waals surface area contributed by atoms with Crippen molar-refractivity contribution in [1.29, 1.82) is 0 Å². The maximum absolute atomic E-state index is 13.1. The van der Waals surface area contributed by atoms with Gasteiger partial charge in [-0.2, -0.15) is 0 Å². The van der Waals surface area contributed by atoms with E-state index in [-0.39, 0.29) is 17.2 Å². The number of nitro groups is 1. The highest BCUT2D eigenvalue weighted by molar-refractivity contribution is 7.92. The van der Waals surface area contributed by atoms with Crippen molar-refractivity contribution in [2.24, 2.45) is 0 Å². The van der Waals surface area contributed by atoms with Crippen LogP contribution in [0, 0.1) is 17.0 Å². The Morgan fingerprint density at radius 1 is 1.19 bits per heavy atom. The van der Waals surface area contributed by atoms with Crippen LogP contribution in [-0.2, 0) is 19.6 Å². The predicted molar refractivity (Wildman–Crippen MR) is 95.4 cm³/mol. The fourth-order valence-corrected chi connectivity index (χ4v) is 3.87. The lowest BCUT2D eigenvalue weighted by Gasteiger charge is -2.25. The van der Waals surface area contributed by atoms with Gasteiger partial charge in [-0.25, -0.2) is 8.42 Å². The molecule has 0 bridgehead atoms. The number of benzene rings is 2. The minimum absolute atomic E-state index is 0.108. The first-order valence-corrected chi connectivity index (χ1v) is 9.19. The molecular formula is C17H18N2O6S. The average Bonchev–Trinajstić information content (AvgIpc) is 2.60. The van der Waals surface area contributed by atoms with Crippen LogP contribution in [0.5, 0.6) is 0 Å². The van der Waals surface area contributed by atoms with Crippen LogP contribution in [0.3, 0.4) is 0 Å². The van der Waals surface area contributed by atoms with Crippen LogP contribution in [0.25, 0.3) is 0 Å². The molecule has 0 aliphatic carbocycles. The van der Waals surface area contributed by atoms with Crippen LogP contribution in [0.15, 0.2) is 53.4 Å². The van der Waals surface area contributed by atoms with Gasteiger partial charge in [-0.3, -0.25) is 19.2 Å². The van der Waals surface area contributed by atoms with E-state index in [9.17, 15) is 23.3 Å². The van der Waals surface area contributed by atoms with Crippen molar-refractivity contribution in [3.8, 4) is 0 Å². The van der Waals surface area contributed by atoms with E-state index >= 15 is 0 Å². The first-order valence-electron chi connectivity index (χ1n) is 7.75. The Morgan fingerprint density at radius 2 is 1.88 bits per heavy atom. The number of rotatable bonds is 7. The molecule has 0 atom stereocenters. The van der Waals surface area contributed by atoms with Crippen molar-refractivity contribution in [3.05, 3.63) is 64.2 Å². The van der Waals surface area contributed by atoms with Gasteiger partial charge in [-0.15, -0.1) is 0 Å². The van der Waals surface area contributed by atoms with Crippen LogP contribution in [-0.4, -0.2) is 32.5 Å². The van der Waals surface area contributed by atoms with Crippen LogP contribution in [0.4, 0.5) is 11.4 Å². The van der Waals surface area contributed by atoms with E-state index in [4.69, 9.17) is 4.74 Å². The number of carbonyl (C=O) groups excluding carboxylic acids is 1. The zero-order valence-corrected chi connectivity index (χ0v) is 15.1. The monoisotopic (exact) mass is 378 g/mol. The largest absolute Gasteiger partial charge is 0.465 e. The molecule has 8 nitrogen and oxygen atoms in total. The number of aryl methyl sites for hydroxylation is 1. The quantitative estimate of drug-likeness (QED) is 0.416. The van der Waals surface area contributed by atoms with Gasteiger partial charge < -0.3 is 4.74 Å². The fraction of sp³-hybridized carbons (Fsp3) is 0.235. The molecule has 2 rings (SSSR count). The van der Waals surface area contributed by atoms with Gasteiger partial charge in [0.25, 0.3) is 15.7 Å². The number of carbonyl (C=O) groups is 1. The normalized spacial score (nSPS) is 11.0. The molecule has 0 unspecified atom stereocenters. The number of hydrogen-bond acceptors (Lipinski definition) is 6. The van der Waals surface area contributed by atoms with Crippen molar-refractivity contribution in [3.63, 3.8) is 0 Å². The molecule has 0 aromatic heterocycles. The Bertz CT molecular complexity index is 926. The van der Waals surface area contributed by atoms with Crippen molar-refractivity contribution < 1.29 is 22.9 Å². The molecule has 0 spiro atoms. The summed E-state index contributed by atoms with van der Waals surface area (Å²) in [7, 11) is -4.22. The maximum atomic E-state index is 13.1. The predicted octanol–water partition coefficient (Wildman–Crippen LogP) is 2.66. The molecule has 0 amide bonds. The number of nitro benzene ring substituents is 1. The van der Waals surface area contributed by atoms with Crippen LogP contribution in [0.2, 0.25) is 0 Å². The molecule has 2 aromatic carbocycles. The molecule has 0 aliphatic rings. The number of ether oxygens (including phenoxy) is 1. The summed E-state index contributed by atoms with van der Waals surface area (Å²) in [5, 5.41) is 11.0. The van der Waals surface area contributed by atoms with Gasteiger partial charge in [0.05, 0.1) is 22.1 Å². The maximum Gasteiger partial charge on any atom is 0.326 e. The Morgan fingerprint density at radius 3 is 2.50 bits per heavy atom. The van der Waals surface area contributed by atoms with Gasteiger partial charge in [-0.05, 0) is 31.5 Å². The highest BCUT2D eigenvalue weighted by Crippen LogP contribution is 2.28. The third-order valence-corrected chi connectivity index (χ3v) is 5.33. The van der Waals surface area contributed by atoms with Crippen molar-refractivity contribution in [1.82, 2.24) is 0 Å². The Labute approximate surface area is 151 Å². The highest BCUT2D eigenvalue weighted by Gasteiger charge is 2.29. The summed E-state index contributed by atoms with van der Waals surface area (Å²) in [5.74, 6) is -0.718. The first kappa shape index (κ1) is 19.4. The van der Waals surface area contributed by atoms with Crippen molar-refractivity contribution in [2.45, 2.75) is 18.7 Å². The SMILES string of the molecule is CCOC(=O)CN(c1ccccc1C)S(=O)(=O)c1cccc([N+](=O)[O-])c1. The van der Waals surface area contributed by atoms with Gasteiger partial charge in [0.2, 0.25) is 0 Å². The summed E-state index contributed by atoms with van der Waals surface area (Å²) in [5.41, 5.74) is 0.574. The summed E-state index contributed by atoms with van der Waals surface area (Å²) >= 11 is 0. The Kier molecular flexibility index (Phi) is 5.93. The molecule has 0 aliphatic heterocycles. The summed E-state index contributed by atoms with van der Waals surface area (Å²) in [6.45, 7) is 2.89. The summed E-state index contributed by atoms with van der Waals surface area (Å²) in [6, 6.07) is 11.3. The minimum Gasteiger partial charge on any atom is -0.465 e. The molecule has 2 aromatic rings. The molecule has 138 valence electrons. The minimum atomic E-state index is -4.22. The van der Waals surface area contributed by atoms with Gasteiger partial charge in [-0.1, -0.05) is 24.3 Å². The van der Waals surface area contributed by atoms with E-state index in [2.05, 4.69) is 0 Å². The summed E-state index contributed by atoms with van der Waals surface area (Å²) < 4.78 is 32.0. The van der Waals surface area contributed by atoms with Crippen LogP contribution in [0.1, 0.15) is 12.5 Å².